The van der Waals surface area contributed by atoms with Gasteiger partial charge in [0.2, 0.25) is 5.91 Å². The Balaban J connectivity index is 1.60. The molecule has 3 aromatic carbocycles. The van der Waals surface area contributed by atoms with Crippen LogP contribution in [0.5, 0.6) is 5.75 Å². The van der Waals surface area contributed by atoms with Crippen molar-refractivity contribution in [3.63, 3.8) is 0 Å². The number of fused-ring (bicyclic) bond motifs is 1. The Labute approximate surface area is 204 Å². The van der Waals surface area contributed by atoms with Gasteiger partial charge in [-0.05, 0) is 62.2 Å². The summed E-state index contributed by atoms with van der Waals surface area (Å²) in [6.07, 6.45) is 3.26. The zero-order valence-electron chi connectivity index (χ0n) is 20.2. The van der Waals surface area contributed by atoms with Crippen LogP contribution < -0.4 is 10.1 Å². The summed E-state index contributed by atoms with van der Waals surface area (Å²) in [6, 6.07) is 18.6. The molecule has 4 aromatic rings. The van der Waals surface area contributed by atoms with Gasteiger partial charge in [-0.1, -0.05) is 29.8 Å². The molecule has 0 aliphatic rings. The number of anilines is 1. The van der Waals surface area contributed by atoms with Crippen molar-refractivity contribution in [3.05, 3.63) is 89.7 Å². The van der Waals surface area contributed by atoms with Gasteiger partial charge in [-0.25, -0.2) is 4.79 Å². The first-order valence-electron chi connectivity index (χ1n) is 11.3. The van der Waals surface area contributed by atoms with Gasteiger partial charge in [0.15, 0.2) is 0 Å². The first kappa shape index (κ1) is 23.8. The number of esters is 1. The zero-order chi connectivity index (χ0) is 24.9. The average Bonchev–Trinajstić information content (AvgIpc) is 3.27. The Morgan fingerprint density at radius 3 is 2.40 bits per heavy atom. The molecule has 0 radical (unpaired) electrons. The van der Waals surface area contributed by atoms with Gasteiger partial charge in [0.1, 0.15) is 11.3 Å². The molecular weight excluding hydrogens is 442 g/mol. The lowest BCUT2D eigenvalue weighted by Crippen LogP contribution is -2.09. The van der Waals surface area contributed by atoms with E-state index in [1.807, 2.05) is 26.0 Å². The van der Waals surface area contributed by atoms with E-state index in [0.717, 1.165) is 27.6 Å². The molecular formula is C29H27NO5. The number of benzene rings is 3. The number of methoxy groups -OCH3 is 1. The van der Waals surface area contributed by atoms with Gasteiger partial charge in [-0.15, -0.1) is 0 Å². The van der Waals surface area contributed by atoms with E-state index in [1.54, 1.807) is 44.6 Å². The van der Waals surface area contributed by atoms with Crippen molar-refractivity contribution in [1.29, 1.82) is 0 Å². The van der Waals surface area contributed by atoms with E-state index in [9.17, 15) is 9.59 Å². The minimum Gasteiger partial charge on any atom is -0.496 e. The molecule has 35 heavy (non-hydrogen) atoms. The summed E-state index contributed by atoms with van der Waals surface area (Å²) in [5.74, 6) is -0.0741. The van der Waals surface area contributed by atoms with Crippen molar-refractivity contribution in [2.24, 2.45) is 0 Å². The minimum atomic E-state index is -0.396. The summed E-state index contributed by atoms with van der Waals surface area (Å²) < 4.78 is 16.4. The van der Waals surface area contributed by atoms with Crippen molar-refractivity contribution in [3.8, 4) is 16.9 Å². The Kier molecular flexibility index (Phi) is 7.01. The largest absolute Gasteiger partial charge is 0.496 e. The number of nitrogens with one attached hydrogen (secondary N) is 1. The van der Waals surface area contributed by atoms with Crippen LogP contribution in [0.4, 0.5) is 5.69 Å². The number of allylic oxidation sites excluding steroid dienone is 1. The maximum atomic E-state index is 12.7. The first-order chi connectivity index (χ1) is 16.9. The van der Waals surface area contributed by atoms with Crippen LogP contribution in [0.1, 0.15) is 35.3 Å². The zero-order valence-corrected chi connectivity index (χ0v) is 20.2. The molecule has 4 rings (SSSR count). The van der Waals surface area contributed by atoms with Crippen molar-refractivity contribution in [1.82, 2.24) is 0 Å². The third kappa shape index (κ3) is 5.27. The van der Waals surface area contributed by atoms with Gasteiger partial charge in [0, 0.05) is 34.3 Å². The summed E-state index contributed by atoms with van der Waals surface area (Å²) in [5.41, 5.74) is 6.46. The Hall–Kier alpha value is -4.32. The van der Waals surface area contributed by atoms with E-state index in [-0.39, 0.29) is 5.91 Å². The summed E-state index contributed by atoms with van der Waals surface area (Å²) in [5, 5.41) is 3.76. The van der Waals surface area contributed by atoms with Gasteiger partial charge in [0.05, 0.1) is 25.5 Å². The fraction of sp³-hybridized carbons (Fsp3) is 0.172. The van der Waals surface area contributed by atoms with E-state index < -0.39 is 5.97 Å². The minimum absolute atomic E-state index is 0.292. The monoisotopic (exact) mass is 469 g/mol. The summed E-state index contributed by atoms with van der Waals surface area (Å²) in [6.45, 7) is 5.97. The maximum Gasteiger partial charge on any atom is 0.338 e. The lowest BCUT2D eigenvalue weighted by molar-refractivity contribution is -0.111. The van der Waals surface area contributed by atoms with Gasteiger partial charge >= 0.3 is 5.97 Å². The van der Waals surface area contributed by atoms with E-state index in [0.29, 0.717) is 29.2 Å². The van der Waals surface area contributed by atoms with Gasteiger partial charge in [-0.3, -0.25) is 4.79 Å². The molecule has 0 aliphatic heterocycles. The highest BCUT2D eigenvalue weighted by molar-refractivity contribution is 6.05. The third-order valence-electron chi connectivity index (χ3n) is 5.69. The molecule has 0 fully saturated rings. The summed E-state index contributed by atoms with van der Waals surface area (Å²) in [4.78, 5) is 24.5. The molecule has 0 aliphatic carbocycles. The second-order valence-corrected chi connectivity index (χ2v) is 8.18. The number of hydrogen-bond acceptors (Lipinski definition) is 5. The SMILES string of the molecule is CCOC(=O)c1ccc(NC(=O)/C=C(\C)c2cc3c(-c4ccc(C)cc4)coc3cc2OC)cc1. The topological polar surface area (TPSA) is 77.8 Å². The number of amides is 1. The van der Waals surface area contributed by atoms with E-state index in [4.69, 9.17) is 13.9 Å². The maximum absolute atomic E-state index is 12.7. The molecule has 0 spiro atoms. The number of aryl methyl sites for hydroxylation is 1. The second kappa shape index (κ2) is 10.3. The highest BCUT2D eigenvalue weighted by Gasteiger charge is 2.15. The molecule has 0 saturated carbocycles. The normalized spacial score (nSPS) is 11.4. The lowest BCUT2D eigenvalue weighted by atomic mass is 9.99. The number of hydrogen-bond donors (Lipinski definition) is 1. The molecule has 1 N–H and O–H groups in total. The van der Waals surface area contributed by atoms with E-state index >= 15 is 0 Å². The number of rotatable bonds is 7. The van der Waals surface area contributed by atoms with Crippen LogP contribution in [-0.2, 0) is 9.53 Å². The van der Waals surface area contributed by atoms with Crippen LogP contribution in [0.3, 0.4) is 0 Å². The third-order valence-corrected chi connectivity index (χ3v) is 5.69. The number of furan rings is 1. The first-order valence-corrected chi connectivity index (χ1v) is 11.3. The molecule has 0 atom stereocenters. The van der Waals surface area contributed by atoms with Crippen LogP contribution in [0.2, 0.25) is 0 Å². The van der Waals surface area contributed by atoms with Crippen LogP contribution in [0.25, 0.3) is 27.7 Å². The van der Waals surface area contributed by atoms with Crippen molar-refractivity contribution in [2.75, 3.05) is 19.0 Å². The molecule has 0 saturated heterocycles. The van der Waals surface area contributed by atoms with Crippen LogP contribution >= 0.6 is 0 Å². The quantitative estimate of drug-likeness (QED) is 0.243. The average molecular weight is 470 g/mol. The Bertz CT molecular complexity index is 1400. The molecule has 1 aromatic heterocycles. The second-order valence-electron chi connectivity index (χ2n) is 8.18. The molecule has 0 bridgehead atoms. The molecule has 6 heteroatoms. The Morgan fingerprint density at radius 1 is 1.03 bits per heavy atom. The van der Waals surface area contributed by atoms with Crippen LogP contribution in [0, 0.1) is 6.92 Å². The molecule has 1 heterocycles. The molecule has 0 unspecified atom stereocenters. The fourth-order valence-electron chi connectivity index (χ4n) is 3.85. The van der Waals surface area contributed by atoms with Gasteiger partial charge in [-0.2, -0.15) is 0 Å². The van der Waals surface area contributed by atoms with Crippen molar-refractivity contribution >= 4 is 34.1 Å². The van der Waals surface area contributed by atoms with Crippen LogP contribution in [-0.4, -0.2) is 25.6 Å². The lowest BCUT2D eigenvalue weighted by Gasteiger charge is -2.10. The van der Waals surface area contributed by atoms with Crippen molar-refractivity contribution in [2.45, 2.75) is 20.8 Å². The fourth-order valence-corrected chi connectivity index (χ4v) is 3.85. The number of ether oxygens (including phenoxy) is 2. The summed E-state index contributed by atoms with van der Waals surface area (Å²) >= 11 is 0. The smallest absolute Gasteiger partial charge is 0.338 e. The predicted molar refractivity (Wildman–Crippen MR) is 138 cm³/mol. The van der Waals surface area contributed by atoms with Crippen molar-refractivity contribution < 1.29 is 23.5 Å². The molecule has 1 amide bonds. The van der Waals surface area contributed by atoms with Crippen LogP contribution in [0.15, 0.2) is 77.4 Å². The van der Waals surface area contributed by atoms with Gasteiger partial charge < -0.3 is 19.2 Å². The highest BCUT2D eigenvalue weighted by Crippen LogP contribution is 2.37. The van der Waals surface area contributed by atoms with Gasteiger partial charge in [0.25, 0.3) is 0 Å². The van der Waals surface area contributed by atoms with E-state index in [1.165, 1.54) is 11.6 Å². The molecule has 178 valence electrons. The molecule has 6 nitrogen and oxygen atoms in total. The number of carbonyl (C=O) groups excluding carboxylic acids is 2. The number of carbonyl (C=O) groups is 2. The highest BCUT2D eigenvalue weighted by atomic mass is 16.5. The predicted octanol–water partition coefficient (Wildman–Crippen LogP) is 6.64. The summed E-state index contributed by atoms with van der Waals surface area (Å²) in [7, 11) is 1.59. The van der Waals surface area contributed by atoms with E-state index in [2.05, 4.69) is 29.6 Å². The standard InChI is InChI=1S/C29H27NO5/c1-5-34-29(32)21-10-12-22(13-11-21)30-28(31)14-19(3)23-15-24-25(20-8-6-18(2)7-9-20)17-35-27(24)16-26(23)33-4/h6-17H,5H2,1-4H3,(H,30,31)/b19-14+. The Morgan fingerprint density at radius 2 is 1.74 bits per heavy atom.